The van der Waals surface area contributed by atoms with Crippen LogP contribution in [0.15, 0.2) is 29.2 Å². The van der Waals surface area contributed by atoms with Gasteiger partial charge in [-0.05, 0) is 24.6 Å². The summed E-state index contributed by atoms with van der Waals surface area (Å²) in [4.78, 5) is 14.3. The number of hydrogen-bond donors (Lipinski definition) is 1. The van der Waals surface area contributed by atoms with E-state index >= 15 is 0 Å². The van der Waals surface area contributed by atoms with E-state index in [0.29, 0.717) is 10.0 Å². The minimum atomic E-state index is -0.171. The average Bonchev–Trinajstić information content (AvgIpc) is 2.64. The van der Waals surface area contributed by atoms with Crippen molar-refractivity contribution >= 4 is 23.2 Å². The van der Waals surface area contributed by atoms with Crippen molar-refractivity contribution in [2.24, 2.45) is 0 Å². The van der Waals surface area contributed by atoms with Gasteiger partial charge in [-0.1, -0.05) is 30.1 Å². The number of benzene rings is 1. The van der Waals surface area contributed by atoms with Crippen molar-refractivity contribution in [3.8, 4) is 5.69 Å². The number of aromatic nitrogens is 2. The number of aromatic amines is 1. The number of nitrogens with one attached hydrogen (secondary N) is 1. The summed E-state index contributed by atoms with van der Waals surface area (Å²) >= 11 is 11.7. The molecule has 2 rings (SSSR count). The Morgan fingerprint density at radius 3 is 2.69 bits per heavy atom. The number of nitrogens with zero attached hydrogens (tertiary/aromatic N) is 1. The summed E-state index contributed by atoms with van der Waals surface area (Å²) in [5.74, 6) is 0. The van der Waals surface area contributed by atoms with E-state index in [1.165, 1.54) is 0 Å². The van der Waals surface area contributed by atoms with Crippen LogP contribution >= 0.6 is 23.2 Å². The molecule has 0 bridgehead atoms. The normalized spacial score (nSPS) is 10.7. The molecule has 1 aromatic heterocycles. The summed E-state index contributed by atoms with van der Waals surface area (Å²) in [5.41, 5.74) is 1.45. The lowest BCUT2D eigenvalue weighted by molar-refractivity contribution is 0.899. The number of halogens is 2. The highest BCUT2D eigenvalue weighted by Crippen LogP contribution is 2.24. The third-order valence-electron chi connectivity index (χ3n) is 2.38. The molecule has 5 heteroatoms. The van der Waals surface area contributed by atoms with Crippen LogP contribution in [0.2, 0.25) is 10.0 Å². The molecule has 1 N–H and O–H groups in total. The zero-order chi connectivity index (χ0) is 11.7. The third-order valence-corrected chi connectivity index (χ3v) is 3.12. The van der Waals surface area contributed by atoms with Crippen molar-refractivity contribution in [3.05, 3.63) is 50.6 Å². The summed E-state index contributed by atoms with van der Waals surface area (Å²) < 4.78 is 1.59. The minimum absolute atomic E-state index is 0.171. The van der Waals surface area contributed by atoms with Gasteiger partial charge in [-0.15, -0.1) is 0 Å². The van der Waals surface area contributed by atoms with Gasteiger partial charge in [0.15, 0.2) is 0 Å². The lowest BCUT2D eigenvalue weighted by Gasteiger charge is -2.06. The Hall–Kier alpha value is -1.19. The molecule has 0 radical (unpaired) electrons. The van der Waals surface area contributed by atoms with Gasteiger partial charge in [-0.3, -0.25) is 4.57 Å². The molecule has 0 aliphatic carbocycles. The fraction of sp³-hybridized carbons (Fsp3) is 0.182. The predicted octanol–water partition coefficient (Wildman–Crippen LogP) is 3.03. The molecule has 1 aromatic carbocycles. The lowest BCUT2D eigenvalue weighted by atomic mass is 10.3. The van der Waals surface area contributed by atoms with Crippen LogP contribution in [0.3, 0.4) is 0 Å². The highest BCUT2D eigenvalue weighted by atomic mass is 35.5. The van der Waals surface area contributed by atoms with Crippen LogP contribution in [-0.2, 0) is 6.42 Å². The zero-order valence-corrected chi connectivity index (χ0v) is 10.1. The Morgan fingerprint density at radius 1 is 1.31 bits per heavy atom. The molecule has 1 heterocycles. The molecule has 0 fully saturated rings. The Labute approximate surface area is 103 Å². The number of hydrogen-bond acceptors (Lipinski definition) is 1. The van der Waals surface area contributed by atoms with Gasteiger partial charge >= 0.3 is 5.69 Å². The van der Waals surface area contributed by atoms with Gasteiger partial charge in [0.25, 0.3) is 0 Å². The van der Waals surface area contributed by atoms with E-state index in [4.69, 9.17) is 23.2 Å². The molecule has 0 saturated carbocycles. The van der Waals surface area contributed by atoms with Gasteiger partial charge in [0.1, 0.15) is 0 Å². The first-order valence-corrected chi connectivity index (χ1v) is 5.63. The largest absolute Gasteiger partial charge is 0.330 e. The Morgan fingerprint density at radius 2 is 2.06 bits per heavy atom. The first kappa shape index (κ1) is 11.3. The van der Waals surface area contributed by atoms with Crippen LogP contribution in [0.5, 0.6) is 0 Å². The first-order valence-electron chi connectivity index (χ1n) is 4.88. The molecule has 2 aromatic rings. The Bertz CT molecular complexity index is 572. The van der Waals surface area contributed by atoms with E-state index in [-0.39, 0.29) is 5.69 Å². The second-order valence-electron chi connectivity index (χ2n) is 3.37. The quantitative estimate of drug-likeness (QED) is 0.882. The molecule has 0 saturated heterocycles. The maximum absolute atomic E-state index is 11.6. The second kappa shape index (κ2) is 4.36. The minimum Gasteiger partial charge on any atom is -0.312 e. The molecular formula is C11H10Cl2N2O. The molecule has 84 valence electrons. The van der Waals surface area contributed by atoms with Crippen LogP contribution in [0.1, 0.15) is 12.6 Å². The SMILES string of the molecule is CCc1c[nH]c(=O)n1-c1ccc(Cl)c(Cl)c1. The van der Waals surface area contributed by atoms with Crippen LogP contribution < -0.4 is 5.69 Å². The van der Waals surface area contributed by atoms with E-state index in [0.717, 1.165) is 17.8 Å². The zero-order valence-electron chi connectivity index (χ0n) is 8.63. The third kappa shape index (κ3) is 1.88. The number of imidazole rings is 1. The molecule has 3 nitrogen and oxygen atoms in total. The van der Waals surface area contributed by atoms with E-state index in [1.807, 2.05) is 6.92 Å². The summed E-state index contributed by atoms with van der Waals surface area (Å²) in [6, 6.07) is 5.12. The van der Waals surface area contributed by atoms with Crippen molar-refractivity contribution in [1.82, 2.24) is 9.55 Å². The van der Waals surface area contributed by atoms with Crippen LogP contribution in [-0.4, -0.2) is 9.55 Å². The number of rotatable bonds is 2. The maximum atomic E-state index is 11.6. The van der Waals surface area contributed by atoms with Crippen LogP contribution in [0.4, 0.5) is 0 Å². The van der Waals surface area contributed by atoms with Crippen LogP contribution in [0.25, 0.3) is 5.69 Å². The van der Waals surface area contributed by atoms with E-state index in [1.54, 1.807) is 29.0 Å². The van der Waals surface area contributed by atoms with E-state index in [9.17, 15) is 4.79 Å². The smallest absolute Gasteiger partial charge is 0.312 e. The monoisotopic (exact) mass is 256 g/mol. The molecule has 0 aliphatic heterocycles. The molecule has 0 unspecified atom stereocenters. The average molecular weight is 257 g/mol. The summed E-state index contributed by atoms with van der Waals surface area (Å²) in [7, 11) is 0. The van der Waals surface area contributed by atoms with E-state index < -0.39 is 0 Å². The van der Waals surface area contributed by atoms with Crippen molar-refractivity contribution in [1.29, 1.82) is 0 Å². The fourth-order valence-corrected chi connectivity index (χ4v) is 1.86. The van der Waals surface area contributed by atoms with Gasteiger partial charge in [0, 0.05) is 11.9 Å². The summed E-state index contributed by atoms with van der Waals surface area (Å²) in [6.07, 6.45) is 2.46. The van der Waals surface area contributed by atoms with Crippen molar-refractivity contribution < 1.29 is 0 Å². The maximum Gasteiger partial charge on any atom is 0.330 e. The van der Waals surface area contributed by atoms with Gasteiger partial charge in [-0.25, -0.2) is 4.79 Å². The van der Waals surface area contributed by atoms with Gasteiger partial charge in [0.2, 0.25) is 0 Å². The van der Waals surface area contributed by atoms with Gasteiger partial charge in [0.05, 0.1) is 15.7 Å². The van der Waals surface area contributed by atoms with Crippen molar-refractivity contribution in [2.75, 3.05) is 0 Å². The molecule has 16 heavy (non-hydrogen) atoms. The number of H-pyrrole nitrogens is 1. The van der Waals surface area contributed by atoms with E-state index in [2.05, 4.69) is 4.98 Å². The Balaban J connectivity index is 2.62. The van der Waals surface area contributed by atoms with Crippen LogP contribution in [0, 0.1) is 0 Å². The molecule has 0 atom stereocenters. The highest BCUT2D eigenvalue weighted by Gasteiger charge is 2.08. The van der Waals surface area contributed by atoms with Gasteiger partial charge < -0.3 is 4.98 Å². The fourth-order valence-electron chi connectivity index (χ4n) is 1.57. The molecule has 0 amide bonds. The summed E-state index contributed by atoms with van der Waals surface area (Å²) in [5, 5.41) is 0.918. The summed E-state index contributed by atoms with van der Waals surface area (Å²) in [6.45, 7) is 1.98. The van der Waals surface area contributed by atoms with Gasteiger partial charge in [-0.2, -0.15) is 0 Å². The lowest BCUT2D eigenvalue weighted by Crippen LogP contribution is -2.16. The number of aryl methyl sites for hydroxylation is 1. The predicted molar refractivity (Wildman–Crippen MR) is 65.8 cm³/mol. The first-order chi connectivity index (χ1) is 7.63. The molecular weight excluding hydrogens is 247 g/mol. The van der Waals surface area contributed by atoms with Crippen molar-refractivity contribution in [3.63, 3.8) is 0 Å². The molecule has 0 aliphatic rings. The topological polar surface area (TPSA) is 37.8 Å². The Kier molecular flexibility index (Phi) is 3.08. The second-order valence-corrected chi connectivity index (χ2v) is 4.19. The van der Waals surface area contributed by atoms with Crippen molar-refractivity contribution in [2.45, 2.75) is 13.3 Å². The molecule has 0 spiro atoms. The highest BCUT2D eigenvalue weighted by molar-refractivity contribution is 6.42. The standard InChI is InChI=1S/C11H10Cl2N2O/c1-2-7-6-14-11(16)15(7)8-3-4-9(12)10(13)5-8/h3-6H,2H2,1H3,(H,14,16).